The normalized spacial score (nSPS) is 12.4. The summed E-state index contributed by atoms with van der Waals surface area (Å²) in [5, 5.41) is 0.629. The molecule has 0 unspecified atom stereocenters. The predicted octanol–water partition coefficient (Wildman–Crippen LogP) is 4.88. The van der Waals surface area contributed by atoms with Gasteiger partial charge in [-0.05, 0) is 57.9 Å². The highest BCUT2D eigenvalue weighted by molar-refractivity contribution is 9.10. The van der Waals surface area contributed by atoms with Gasteiger partial charge in [0.05, 0.1) is 17.9 Å². The Balaban J connectivity index is 1.95. The van der Waals surface area contributed by atoms with E-state index >= 15 is 0 Å². The zero-order valence-electron chi connectivity index (χ0n) is 12.8. The molecule has 0 saturated heterocycles. The molecule has 0 amide bonds. The van der Waals surface area contributed by atoms with Crippen LogP contribution in [-0.4, -0.2) is 16.2 Å². The van der Waals surface area contributed by atoms with E-state index in [0.717, 1.165) is 16.7 Å². The molecule has 7 heteroatoms. The van der Waals surface area contributed by atoms with E-state index in [1.807, 2.05) is 12.1 Å². The summed E-state index contributed by atoms with van der Waals surface area (Å²) in [5.41, 5.74) is 10.6. The molecule has 0 radical (unpaired) electrons. The summed E-state index contributed by atoms with van der Waals surface area (Å²) in [5.74, 6) is -0.0583. The second-order valence-electron chi connectivity index (χ2n) is 5.60. The highest BCUT2D eigenvalue weighted by Gasteiger charge is 2.18. The van der Waals surface area contributed by atoms with Crippen molar-refractivity contribution in [2.24, 2.45) is 4.99 Å². The summed E-state index contributed by atoms with van der Waals surface area (Å²) in [6.07, 6.45) is 1.79. The van der Waals surface area contributed by atoms with Gasteiger partial charge in [0.25, 0.3) is 0 Å². The van der Waals surface area contributed by atoms with Crippen LogP contribution in [0.4, 0.5) is 10.2 Å². The minimum Gasteiger partial charge on any atom is -0.381 e. The van der Waals surface area contributed by atoms with Crippen molar-refractivity contribution < 1.29 is 4.39 Å². The second-order valence-corrected chi connectivity index (χ2v) is 6.76. The molecular weight excluding hydrogens is 407 g/mol. The van der Waals surface area contributed by atoms with Gasteiger partial charge in [-0.25, -0.2) is 14.4 Å². The van der Waals surface area contributed by atoms with Crippen molar-refractivity contribution in [2.75, 3.05) is 5.73 Å². The molecule has 4 nitrogen and oxygen atoms in total. The smallest absolute Gasteiger partial charge is 0.157 e. The van der Waals surface area contributed by atoms with Gasteiger partial charge in [-0.15, -0.1) is 0 Å². The summed E-state index contributed by atoms with van der Waals surface area (Å²) in [6.45, 7) is 0.580. The summed E-state index contributed by atoms with van der Waals surface area (Å²) in [4.78, 5) is 13.2. The number of hydrogen-bond acceptors (Lipinski definition) is 4. The molecule has 0 bridgehead atoms. The minimum absolute atomic E-state index is 0.261. The number of nitrogen functional groups attached to an aromatic ring is 1. The number of aromatic nitrogens is 2. The molecule has 1 aliphatic heterocycles. The maximum absolute atomic E-state index is 13.3. The van der Waals surface area contributed by atoms with Gasteiger partial charge in [-0.2, -0.15) is 0 Å². The summed E-state index contributed by atoms with van der Waals surface area (Å²) in [7, 11) is 0. The number of nitrogens with two attached hydrogens (primary N) is 1. The van der Waals surface area contributed by atoms with Crippen LogP contribution in [0.2, 0.25) is 5.02 Å². The number of anilines is 1. The Morgan fingerprint density at radius 2 is 1.76 bits per heavy atom. The number of benzene rings is 2. The fraction of sp³-hybridized carbons (Fsp3) is 0.0556. The van der Waals surface area contributed by atoms with Gasteiger partial charge in [-0.1, -0.05) is 11.6 Å². The summed E-state index contributed by atoms with van der Waals surface area (Å²) < 4.78 is 13.7. The zero-order valence-corrected chi connectivity index (χ0v) is 15.1. The molecule has 2 heterocycles. The van der Waals surface area contributed by atoms with E-state index in [1.165, 1.54) is 12.1 Å². The number of halogens is 3. The molecule has 3 aromatic rings. The van der Waals surface area contributed by atoms with Gasteiger partial charge in [0.1, 0.15) is 10.4 Å². The lowest BCUT2D eigenvalue weighted by Gasteiger charge is -2.12. The van der Waals surface area contributed by atoms with Crippen molar-refractivity contribution >= 4 is 39.6 Å². The van der Waals surface area contributed by atoms with E-state index in [1.54, 1.807) is 18.3 Å². The van der Waals surface area contributed by atoms with Crippen LogP contribution in [0.5, 0.6) is 0 Å². The third kappa shape index (κ3) is 2.92. The fourth-order valence-electron chi connectivity index (χ4n) is 2.75. The molecule has 25 heavy (non-hydrogen) atoms. The lowest BCUT2D eigenvalue weighted by Crippen LogP contribution is -2.01. The van der Waals surface area contributed by atoms with E-state index in [4.69, 9.17) is 17.3 Å². The molecule has 0 aliphatic carbocycles. The van der Waals surface area contributed by atoms with Gasteiger partial charge >= 0.3 is 0 Å². The van der Waals surface area contributed by atoms with Crippen LogP contribution in [0, 0.1) is 5.82 Å². The van der Waals surface area contributed by atoms with Gasteiger partial charge in [0.2, 0.25) is 0 Å². The highest BCUT2D eigenvalue weighted by Crippen LogP contribution is 2.36. The first-order chi connectivity index (χ1) is 12.0. The van der Waals surface area contributed by atoms with Crippen molar-refractivity contribution in [3.05, 3.63) is 63.0 Å². The molecule has 1 aromatic heterocycles. The number of rotatable bonds is 2. The summed E-state index contributed by atoms with van der Waals surface area (Å²) in [6, 6.07) is 9.86. The third-order valence-electron chi connectivity index (χ3n) is 3.98. The Labute approximate surface area is 156 Å². The van der Waals surface area contributed by atoms with Crippen LogP contribution >= 0.6 is 27.5 Å². The van der Waals surface area contributed by atoms with Gasteiger partial charge < -0.3 is 5.73 Å². The second kappa shape index (κ2) is 6.20. The van der Waals surface area contributed by atoms with Crippen LogP contribution in [-0.2, 0) is 6.54 Å². The number of aliphatic imine (C=N–C) groups is 1. The SMILES string of the molecule is Nc1nc(-c2ccc(F)cc2)c(-c2cc(Cl)c3c(c2)C=NC3)nc1Br. The van der Waals surface area contributed by atoms with E-state index in [9.17, 15) is 4.39 Å². The average molecular weight is 418 g/mol. The molecule has 1 aliphatic rings. The number of fused-ring (bicyclic) bond motifs is 1. The van der Waals surface area contributed by atoms with E-state index in [-0.39, 0.29) is 11.6 Å². The zero-order chi connectivity index (χ0) is 17.6. The van der Waals surface area contributed by atoms with Gasteiger partial charge in [0, 0.05) is 27.9 Å². The first-order valence-electron chi connectivity index (χ1n) is 7.44. The van der Waals surface area contributed by atoms with Crippen LogP contribution in [0.3, 0.4) is 0 Å². The largest absolute Gasteiger partial charge is 0.381 e. The Morgan fingerprint density at radius 1 is 1.04 bits per heavy atom. The Morgan fingerprint density at radius 3 is 2.52 bits per heavy atom. The quantitative estimate of drug-likeness (QED) is 0.646. The molecule has 0 atom stereocenters. The molecule has 0 spiro atoms. The Hall–Kier alpha value is -2.31. The van der Waals surface area contributed by atoms with Crippen LogP contribution in [0.15, 0.2) is 46.0 Å². The predicted molar refractivity (Wildman–Crippen MR) is 101 cm³/mol. The van der Waals surface area contributed by atoms with E-state index in [2.05, 4.69) is 30.9 Å². The van der Waals surface area contributed by atoms with E-state index < -0.39 is 0 Å². The van der Waals surface area contributed by atoms with Gasteiger partial charge in [0.15, 0.2) is 5.82 Å². The Bertz CT molecular complexity index is 1020. The minimum atomic E-state index is -0.319. The fourth-order valence-corrected chi connectivity index (χ4v) is 3.30. The molecule has 2 N–H and O–H groups in total. The summed E-state index contributed by atoms with van der Waals surface area (Å²) >= 11 is 9.73. The molecule has 124 valence electrons. The number of nitrogens with zero attached hydrogens (tertiary/aromatic N) is 3. The van der Waals surface area contributed by atoms with Crippen molar-refractivity contribution in [1.82, 2.24) is 9.97 Å². The maximum atomic E-state index is 13.3. The van der Waals surface area contributed by atoms with E-state index in [0.29, 0.717) is 33.1 Å². The van der Waals surface area contributed by atoms with Crippen molar-refractivity contribution in [1.29, 1.82) is 0 Å². The van der Waals surface area contributed by atoms with Crippen molar-refractivity contribution in [3.8, 4) is 22.5 Å². The maximum Gasteiger partial charge on any atom is 0.157 e. The molecule has 4 rings (SSSR count). The first kappa shape index (κ1) is 16.2. The topological polar surface area (TPSA) is 64.2 Å². The van der Waals surface area contributed by atoms with Crippen LogP contribution in [0.25, 0.3) is 22.5 Å². The Kier molecular flexibility index (Phi) is 4.01. The average Bonchev–Trinajstić information content (AvgIpc) is 3.07. The van der Waals surface area contributed by atoms with Gasteiger partial charge in [-0.3, -0.25) is 4.99 Å². The van der Waals surface area contributed by atoms with Crippen LogP contribution < -0.4 is 5.73 Å². The molecule has 2 aromatic carbocycles. The number of hydrogen-bond donors (Lipinski definition) is 1. The third-order valence-corrected chi connectivity index (χ3v) is 4.90. The molecular formula is C18H11BrClFN4. The standard InChI is InChI=1S/C18H11BrClFN4/c19-17-18(22)25-15(9-1-3-12(21)4-2-9)16(24-17)10-5-11-7-23-8-13(11)14(20)6-10/h1-7H,8H2,(H2,22,25). The lowest BCUT2D eigenvalue weighted by atomic mass is 10.00. The molecule has 0 saturated carbocycles. The highest BCUT2D eigenvalue weighted by atomic mass is 79.9. The monoisotopic (exact) mass is 416 g/mol. The van der Waals surface area contributed by atoms with Crippen molar-refractivity contribution in [3.63, 3.8) is 0 Å². The van der Waals surface area contributed by atoms with Crippen molar-refractivity contribution in [2.45, 2.75) is 6.54 Å². The lowest BCUT2D eigenvalue weighted by molar-refractivity contribution is 0.628. The van der Waals surface area contributed by atoms with Crippen LogP contribution in [0.1, 0.15) is 11.1 Å². The molecule has 0 fully saturated rings. The first-order valence-corrected chi connectivity index (χ1v) is 8.61.